The lowest BCUT2D eigenvalue weighted by Gasteiger charge is -2.13. The highest BCUT2D eigenvalue weighted by molar-refractivity contribution is 6.99. The lowest BCUT2D eigenvalue weighted by Crippen LogP contribution is -2.21. The van der Waals surface area contributed by atoms with Crippen molar-refractivity contribution in [1.82, 2.24) is 13.6 Å². The zero-order chi connectivity index (χ0) is 29.7. The summed E-state index contributed by atoms with van der Waals surface area (Å²) in [6, 6.07) is 7.02. The number of furan rings is 1. The molecular formula is C28H49N5O4S. The number of para-hydroxylation sites is 1. The number of carbonyl (C=O) groups excluding carboxylic acids is 1. The van der Waals surface area contributed by atoms with E-state index >= 15 is 0 Å². The number of carbonyl (C=O) groups is 1. The van der Waals surface area contributed by atoms with E-state index in [0.717, 1.165) is 23.1 Å². The molecule has 3 rings (SSSR count). The van der Waals surface area contributed by atoms with Gasteiger partial charge >= 0.3 is 0 Å². The second kappa shape index (κ2) is 22.1. The number of anilines is 3. The first-order chi connectivity index (χ1) is 18.3. The molecule has 1 aromatic carbocycles. The molecule has 2 aromatic heterocycles. The summed E-state index contributed by atoms with van der Waals surface area (Å²) >= 11 is 1.04. The molecule has 3 aromatic rings. The second-order valence-corrected chi connectivity index (χ2v) is 8.24. The number of ketones is 1. The molecule has 2 heterocycles. The molecule has 0 unspecified atom stereocenters. The van der Waals surface area contributed by atoms with Crippen molar-refractivity contribution >= 4 is 34.8 Å². The van der Waals surface area contributed by atoms with Crippen LogP contribution in [0.4, 0.5) is 17.3 Å². The molecule has 216 valence electrons. The predicted molar refractivity (Wildman–Crippen MR) is 161 cm³/mol. The Morgan fingerprint density at radius 3 is 2.18 bits per heavy atom. The van der Waals surface area contributed by atoms with Gasteiger partial charge in [-0.1, -0.05) is 61.5 Å². The topological polar surface area (TPSA) is 113 Å². The molecule has 0 aliphatic heterocycles. The normalized spacial score (nSPS) is 9.53. The quantitative estimate of drug-likeness (QED) is 0.185. The highest BCUT2D eigenvalue weighted by atomic mass is 32.1. The van der Waals surface area contributed by atoms with Crippen LogP contribution in [0.2, 0.25) is 0 Å². The Morgan fingerprint density at radius 1 is 1.08 bits per heavy atom. The molecule has 0 saturated carbocycles. The summed E-state index contributed by atoms with van der Waals surface area (Å²) in [6.45, 7) is 16.9. The van der Waals surface area contributed by atoms with Gasteiger partial charge in [0.05, 0.1) is 42.3 Å². The van der Waals surface area contributed by atoms with Gasteiger partial charge in [-0.3, -0.25) is 4.79 Å². The van der Waals surface area contributed by atoms with E-state index in [9.17, 15) is 9.90 Å². The van der Waals surface area contributed by atoms with Crippen LogP contribution in [-0.2, 0) is 11.3 Å². The molecule has 0 aliphatic carbocycles. The Kier molecular flexibility index (Phi) is 21.6. The van der Waals surface area contributed by atoms with E-state index in [4.69, 9.17) is 4.42 Å². The number of aromatic hydroxyl groups is 1. The molecule has 9 nitrogen and oxygen atoms in total. The molecule has 3 N–H and O–H groups in total. The molecule has 0 atom stereocenters. The summed E-state index contributed by atoms with van der Waals surface area (Å²) < 4.78 is 18.3. The first kappa shape index (κ1) is 37.2. The number of phenolic OH excluding ortho intramolecular Hbond substituents is 1. The van der Waals surface area contributed by atoms with Crippen molar-refractivity contribution in [3.05, 3.63) is 47.4 Å². The van der Waals surface area contributed by atoms with Crippen molar-refractivity contribution in [2.45, 2.75) is 67.9 Å². The number of hydrogen-bond acceptors (Lipinski definition) is 10. The average Bonchev–Trinajstić information content (AvgIpc) is 3.57. The molecule has 0 fully saturated rings. The molecule has 0 amide bonds. The molecule has 0 radical (unpaired) electrons. The number of Topliss-reactive ketones (excluding diaryl/α,β-unsaturated/α-hetero) is 1. The number of rotatable bonds is 9. The highest BCUT2D eigenvalue weighted by Crippen LogP contribution is 2.32. The molecular weight excluding hydrogens is 502 g/mol. The zero-order valence-corrected chi connectivity index (χ0v) is 26.1. The smallest absolute Gasteiger partial charge is 0.188 e. The summed E-state index contributed by atoms with van der Waals surface area (Å²) in [7, 11) is 6.86. The first-order valence-corrected chi connectivity index (χ1v) is 13.8. The van der Waals surface area contributed by atoms with Crippen LogP contribution in [0.25, 0.3) is 0 Å². The Morgan fingerprint density at radius 2 is 1.66 bits per heavy atom. The van der Waals surface area contributed by atoms with Gasteiger partial charge in [0, 0.05) is 14.2 Å². The third kappa shape index (κ3) is 13.0. The van der Waals surface area contributed by atoms with E-state index in [0.29, 0.717) is 29.8 Å². The number of phenols is 1. The fraction of sp³-hybridized carbons (Fsp3) is 0.536. The number of likely N-dealkylation sites (N-methyl/N-ethyl adjacent to an activating group) is 1. The maximum Gasteiger partial charge on any atom is 0.188 e. The average molecular weight is 552 g/mol. The van der Waals surface area contributed by atoms with Gasteiger partial charge < -0.3 is 29.8 Å². The van der Waals surface area contributed by atoms with Gasteiger partial charge in [-0.25, -0.2) is 0 Å². The number of nitrogens with zero attached hydrogens (tertiary/aromatic N) is 3. The van der Waals surface area contributed by atoms with Crippen molar-refractivity contribution in [2.24, 2.45) is 0 Å². The summed E-state index contributed by atoms with van der Waals surface area (Å²) in [5.41, 5.74) is 1.80. The summed E-state index contributed by atoms with van der Waals surface area (Å²) in [5, 5.41) is 16.8. The lowest BCUT2D eigenvalue weighted by atomic mass is 10.1. The van der Waals surface area contributed by atoms with Gasteiger partial charge in [-0.05, 0) is 43.8 Å². The Bertz CT molecular complexity index is 1000. The summed E-state index contributed by atoms with van der Waals surface area (Å²) in [5.74, 6) is 1.94. The van der Waals surface area contributed by atoms with E-state index in [1.54, 1.807) is 57.7 Å². The van der Waals surface area contributed by atoms with Crippen LogP contribution in [0.5, 0.6) is 5.75 Å². The zero-order valence-electron chi connectivity index (χ0n) is 25.3. The van der Waals surface area contributed by atoms with E-state index in [1.165, 1.54) is 0 Å². The molecule has 0 bridgehead atoms. The molecule has 0 saturated heterocycles. The molecule has 0 spiro atoms. The summed E-state index contributed by atoms with van der Waals surface area (Å²) in [6.07, 6.45) is 1.76. The standard InChI is InChI=1S/C20H25N5O3S.C2H6O.3C2H6/c1-12(2)13-8-14(28-11-13)9-21-19-20(24-29-23-19)22-16-7-5-6-15(18(16)27)17(26)10-25(3)4;1-3-2;3*1-2/h5-8,11-12,27H,9-10H2,1-4H3,(H,21,23)(H,22,24);1-2H3;3*1-2H3. The van der Waals surface area contributed by atoms with E-state index < -0.39 is 0 Å². The Hall–Kier alpha value is -2.95. The van der Waals surface area contributed by atoms with E-state index in [-0.39, 0.29) is 23.6 Å². The van der Waals surface area contributed by atoms with Crippen LogP contribution in [0.15, 0.2) is 34.9 Å². The number of ether oxygens (including phenoxy) is 1. The Labute approximate surface area is 233 Å². The highest BCUT2D eigenvalue weighted by Gasteiger charge is 2.17. The van der Waals surface area contributed by atoms with Crippen LogP contribution in [0.1, 0.15) is 83.0 Å². The minimum Gasteiger partial charge on any atom is -0.505 e. The number of nitrogens with one attached hydrogen (secondary N) is 2. The first-order valence-electron chi connectivity index (χ1n) is 13.1. The third-order valence-corrected chi connectivity index (χ3v) is 4.84. The SMILES string of the molecule is CC.CC.CC.CC(C)c1coc(CNc2nsnc2Nc2cccc(C(=O)CN(C)C)c2O)c1.COC. The van der Waals surface area contributed by atoms with Crippen LogP contribution in [0.3, 0.4) is 0 Å². The minimum atomic E-state index is -0.162. The Balaban J connectivity index is 0. The van der Waals surface area contributed by atoms with Gasteiger partial charge in [-0.15, -0.1) is 0 Å². The van der Waals surface area contributed by atoms with Crippen molar-refractivity contribution in [2.75, 3.05) is 45.5 Å². The molecule has 38 heavy (non-hydrogen) atoms. The van der Waals surface area contributed by atoms with Gasteiger partial charge in [-0.2, -0.15) is 8.75 Å². The predicted octanol–water partition coefficient (Wildman–Crippen LogP) is 7.40. The fourth-order valence-corrected chi connectivity index (χ4v) is 3.21. The van der Waals surface area contributed by atoms with Gasteiger partial charge in [0.15, 0.2) is 17.4 Å². The maximum absolute atomic E-state index is 12.3. The van der Waals surface area contributed by atoms with Crippen LogP contribution in [0, 0.1) is 0 Å². The molecule has 10 heteroatoms. The molecule has 0 aliphatic rings. The largest absolute Gasteiger partial charge is 0.505 e. The van der Waals surface area contributed by atoms with Crippen LogP contribution >= 0.6 is 11.7 Å². The van der Waals surface area contributed by atoms with Gasteiger partial charge in [0.25, 0.3) is 0 Å². The van der Waals surface area contributed by atoms with Crippen molar-refractivity contribution in [3.63, 3.8) is 0 Å². The maximum atomic E-state index is 12.3. The monoisotopic (exact) mass is 551 g/mol. The van der Waals surface area contributed by atoms with Crippen LogP contribution in [-0.4, -0.2) is 59.4 Å². The number of hydrogen-bond donors (Lipinski definition) is 3. The third-order valence-electron chi connectivity index (χ3n) is 4.31. The van der Waals surface area contributed by atoms with Crippen molar-refractivity contribution in [1.29, 1.82) is 0 Å². The van der Waals surface area contributed by atoms with Gasteiger partial charge in [0.2, 0.25) is 0 Å². The summed E-state index contributed by atoms with van der Waals surface area (Å²) in [4.78, 5) is 14.1. The van der Waals surface area contributed by atoms with Crippen molar-refractivity contribution < 1.29 is 19.1 Å². The van der Waals surface area contributed by atoms with E-state index in [1.807, 2.05) is 47.6 Å². The van der Waals surface area contributed by atoms with Crippen molar-refractivity contribution in [3.8, 4) is 5.75 Å². The minimum absolute atomic E-state index is 0.106. The van der Waals surface area contributed by atoms with Crippen LogP contribution < -0.4 is 10.6 Å². The number of benzene rings is 1. The van der Waals surface area contributed by atoms with E-state index in [2.05, 4.69) is 38.0 Å². The second-order valence-electron chi connectivity index (χ2n) is 7.71. The van der Waals surface area contributed by atoms with Gasteiger partial charge in [0.1, 0.15) is 11.5 Å². The fourth-order valence-electron chi connectivity index (χ4n) is 2.72. The number of aromatic nitrogens is 2. The lowest BCUT2D eigenvalue weighted by molar-refractivity contribution is 0.0955. The number of methoxy groups -OCH3 is 1.